The van der Waals surface area contributed by atoms with Gasteiger partial charge in [-0.2, -0.15) is 5.26 Å². The van der Waals surface area contributed by atoms with Gasteiger partial charge in [0.1, 0.15) is 11.9 Å². The third-order valence-corrected chi connectivity index (χ3v) is 5.36. The van der Waals surface area contributed by atoms with E-state index in [1.807, 2.05) is 6.07 Å². The molecule has 1 amide bonds. The average molecular weight is 409 g/mol. The van der Waals surface area contributed by atoms with Crippen LogP contribution in [0.2, 0.25) is 0 Å². The van der Waals surface area contributed by atoms with Gasteiger partial charge in [-0.1, -0.05) is 6.07 Å². The smallest absolute Gasteiger partial charge is 0.255 e. The highest BCUT2D eigenvalue weighted by atomic mass is 32.2. The number of aryl methyl sites for hydroxylation is 1. The molecular formula is C21H16FN3O3S. The van der Waals surface area contributed by atoms with Gasteiger partial charge in [0, 0.05) is 29.3 Å². The Bertz CT molecular complexity index is 1260. The number of benzene rings is 2. The molecule has 0 spiro atoms. The number of nitriles is 1. The molecule has 0 aliphatic carbocycles. The summed E-state index contributed by atoms with van der Waals surface area (Å²) in [7, 11) is -3.45. The minimum Gasteiger partial charge on any atom is -0.322 e. The number of nitrogens with one attached hydrogen (secondary N) is 1. The van der Waals surface area contributed by atoms with Crippen LogP contribution in [0.15, 0.2) is 59.6 Å². The predicted octanol–water partition coefficient (Wildman–Crippen LogP) is 3.72. The Hall–Kier alpha value is -3.57. The largest absolute Gasteiger partial charge is 0.322 e. The van der Waals surface area contributed by atoms with Crippen LogP contribution >= 0.6 is 0 Å². The number of aromatic nitrogens is 1. The summed E-state index contributed by atoms with van der Waals surface area (Å²) in [6, 6.07) is 13.2. The molecule has 2 aromatic carbocycles. The van der Waals surface area contributed by atoms with Crippen molar-refractivity contribution in [3.63, 3.8) is 0 Å². The summed E-state index contributed by atoms with van der Waals surface area (Å²) in [5.41, 5.74) is 1.77. The number of hydrogen-bond acceptors (Lipinski definition) is 5. The molecule has 0 saturated carbocycles. The number of nitrogens with zero attached hydrogens (tertiary/aromatic N) is 2. The van der Waals surface area contributed by atoms with Gasteiger partial charge in [-0.05, 0) is 55.0 Å². The molecule has 8 heteroatoms. The molecule has 146 valence electrons. The average Bonchev–Trinajstić information content (AvgIpc) is 2.68. The van der Waals surface area contributed by atoms with Crippen molar-refractivity contribution >= 4 is 21.4 Å². The summed E-state index contributed by atoms with van der Waals surface area (Å²) in [6.45, 7) is 1.71. The number of halogens is 1. The van der Waals surface area contributed by atoms with Crippen molar-refractivity contribution in [2.45, 2.75) is 11.8 Å². The Morgan fingerprint density at radius 1 is 1.17 bits per heavy atom. The van der Waals surface area contributed by atoms with Crippen molar-refractivity contribution < 1.29 is 17.6 Å². The van der Waals surface area contributed by atoms with Crippen LogP contribution in [0.3, 0.4) is 0 Å². The lowest BCUT2D eigenvalue weighted by Gasteiger charge is -2.11. The maximum atomic E-state index is 14.2. The minimum absolute atomic E-state index is 0.0127. The van der Waals surface area contributed by atoms with E-state index in [4.69, 9.17) is 0 Å². The number of hydrogen-bond donors (Lipinski definition) is 1. The zero-order valence-corrected chi connectivity index (χ0v) is 16.4. The van der Waals surface area contributed by atoms with Crippen LogP contribution in [0.25, 0.3) is 11.3 Å². The molecule has 0 saturated heterocycles. The first-order valence-electron chi connectivity index (χ1n) is 8.47. The lowest BCUT2D eigenvalue weighted by Crippen LogP contribution is -2.14. The molecule has 0 fully saturated rings. The molecule has 0 bridgehead atoms. The highest BCUT2D eigenvalue weighted by Gasteiger charge is 2.15. The van der Waals surface area contributed by atoms with E-state index in [0.717, 1.165) is 12.3 Å². The number of carbonyl (C=O) groups is 1. The van der Waals surface area contributed by atoms with Crippen LogP contribution in [-0.2, 0) is 9.84 Å². The molecule has 1 N–H and O–H groups in total. The second kappa shape index (κ2) is 7.81. The molecule has 0 atom stereocenters. The summed E-state index contributed by atoms with van der Waals surface area (Å²) in [4.78, 5) is 16.9. The Labute approximate surface area is 167 Å². The summed E-state index contributed by atoms with van der Waals surface area (Å²) in [5.74, 6) is -1.28. The molecule has 1 heterocycles. The predicted molar refractivity (Wildman–Crippen MR) is 107 cm³/mol. The van der Waals surface area contributed by atoms with E-state index in [-0.39, 0.29) is 27.3 Å². The number of pyridine rings is 1. The van der Waals surface area contributed by atoms with E-state index in [2.05, 4.69) is 10.3 Å². The van der Waals surface area contributed by atoms with Crippen LogP contribution in [0, 0.1) is 24.1 Å². The number of amides is 1. The second-order valence-corrected chi connectivity index (χ2v) is 8.46. The van der Waals surface area contributed by atoms with E-state index >= 15 is 0 Å². The highest BCUT2D eigenvalue weighted by Crippen LogP contribution is 2.25. The van der Waals surface area contributed by atoms with Crippen molar-refractivity contribution in [3.05, 3.63) is 77.2 Å². The summed E-state index contributed by atoms with van der Waals surface area (Å²) in [5, 5.41) is 11.9. The maximum Gasteiger partial charge on any atom is 0.255 e. The van der Waals surface area contributed by atoms with Crippen molar-refractivity contribution in [1.29, 1.82) is 5.26 Å². The molecule has 0 aliphatic heterocycles. The Kier molecular flexibility index (Phi) is 5.43. The van der Waals surface area contributed by atoms with Gasteiger partial charge >= 0.3 is 0 Å². The van der Waals surface area contributed by atoms with Gasteiger partial charge < -0.3 is 5.32 Å². The van der Waals surface area contributed by atoms with Crippen molar-refractivity contribution in [1.82, 2.24) is 4.98 Å². The Balaban J connectivity index is 1.99. The summed E-state index contributed by atoms with van der Waals surface area (Å²) < 4.78 is 37.7. The quantitative estimate of drug-likeness (QED) is 0.708. The van der Waals surface area contributed by atoms with Crippen LogP contribution in [-0.4, -0.2) is 25.6 Å². The van der Waals surface area contributed by atoms with E-state index in [9.17, 15) is 22.9 Å². The topological polar surface area (TPSA) is 99.9 Å². The van der Waals surface area contributed by atoms with Gasteiger partial charge in [-0.15, -0.1) is 0 Å². The van der Waals surface area contributed by atoms with Gasteiger partial charge in [-0.25, -0.2) is 12.8 Å². The lowest BCUT2D eigenvalue weighted by atomic mass is 10.0. The summed E-state index contributed by atoms with van der Waals surface area (Å²) >= 11 is 0. The normalized spacial score (nSPS) is 11.0. The van der Waals surface area contributed by atoms with Crippen molar-refractivity contribution in [2.75, 3.05) is 11.6 Å². The van der Waals surface area contributed by atoms with Gasteiger partial charge in [0.2, 0.25) is 0 Å². The molecule has 0 radical (unpaired) electrons. The molecule has 3 rings (SSSR count). The number of rotatable bonds is 4. The fourth-order valence-corrected chi connectivity index (χ4v) is 3.39. The standard InChI is InChI=1S/C21H16FN3O3S/c1-13-5-6-18(29(2,27)28)11-19(13)25-21(26)16-8-15(9-17(22)10-16)20-14(12-23)4-3-7-24-20/h3-11H,1-2H3,(H,25,26). The van der Waals surface area contributed by atoms with Crippen LogP contribution in [0.5, 0.6) is 0 Å². The zero-order valence-electron chi connectivity index (χ0n) is 15.6. The van der Waals surface area contributed by atoms with Gasteiger partial charge in [-0.3, -0.25) is 9.78 Å². The second-order valence-electron chi connectivity index (χ2n) is 6.44. The Morgan fingerprint density at radius 2 is 1.93 bits per heavy atom. The Morgan fingerprint density at radius 3 is 2.62 bits per heavy atom. The van der Waals surface area contributed by atoms with E-state index in [0.29, 0.717) is 11.3 Å². The molecule has 0 unspecified atom stereocenters. The zero-order chi connectivity index (χ0) is 21.2. The SMILES string of the molecule is Cc1ccc(S(C)(=O)=O)cc1NC(=O)c1cc(F)cc(-c2ncccc2C#N)c1. The first-order valence-corrected chi connectivity index (χ1v) is 10.4. The van der Waals surface area contributed by atoms with E-state index in [1.165, 1.54) is 30.5 Å². The van der Waals surface area contributed by atoms with Crippen LogP contribution in [0.4, 0.5) is 10.1 Å². The number of anilines is 1. The van der Waals surface area contributed by atoms with E-state index in [1.54, 1.807) is 25.1 Å². The van der Waals surface area contributed by atoms with Gasteiger partial charge in [0.25, 0.3) is 5.91 Å². The molecule has 29 heavy (non-hydrogen) atoms. The van der Waals surface area contributed by atoms with Crippen molar-refractivity contribution in [3.8, 4) is 17.3 Å². The molecule has 1 aromatic heterocycles. The lowest BCUT2D eigenvalue weighted by molar-refractivity contribution is 0.102. The molecule has 3 aromatic rings. The third-order valence-electron chi connectivity index (χ3n) is 4.25. The highest BCUT2D eigenvalue weighted by molar-refractivity contribution is 7.90. The van der Waals surface area contributed by atoms with Gasteiger partial charge in [0.05, 0.1) is 16.2 Å². The third kappa shape index (κ3) is 4.47. The first kappa shape index (κ1) is 20.2. The maximum absolute atomic E-state index is 14.2. The molecule has 6 nitrogen and oxygen atoms in total. The monoisotopic (exact) mass is 409 g/mol. The number of carbonyl (C=O) groups excluding carboxylic acids is 1. The molecular weight excluding hydrogens is 393 g/mol. The van der Waals surface area contributed by atoms with E-state index < -0.39 is 21.6 Å². The first-order chi connectivity index (χ1) is 13.7. The minimum atomic E-state index is -3.45. The fourth-order valence-electron chi connectivity index (χ4n) is 2.74. The van der Waals surface area contributed by atoms with Crippen LogP contribution < -0.4 is 5.32 Å². The van der Waals surface area contributed by atoms with Crippen LogP contribution in [0.1, 0.15) is 21.5 Å². The van der Waals surface area contributed by atoms with Crippen molar-refractivity contribution in [2.24, 2.45) is 0 Å². The van der Waals surface area contributed by atoms with Gasteiger partial charge in [0.15, 0.2) is 9.84 Å². The molecule has 0 aliphatic rings. The summed E-state index contributed by atoms with van der Waals surface area (Å²) in [6.07, 6.45) is 2.54. The fraction of sp³-hybridized carbons (Fsp3) is 0.0952. The number of sulfone groups is 1.